The van der Waals surface area contributed by atoms with Gasteiger partial charge in [-0.3, -0.25) is 0 Å². The molecule has 4 heteroatoms. The highest BCUT2D eigenvalue weighted by atomic mass is 16.2. The van der Waals surface area contributed by atoms with Crippen molar-refractivity contribution in [2.45, 2.75) is 39.2 Å². The maximum atomic E-state index is 8.84. The normalized spacial score (nSPS) is 12.2. The molecule has 1 atom stereocenters. The number of rotatable bonds is 7. The zero-order valence-electron chi connectivity index (χ0n) is 11.1. The summed E-state index contributed by atoms with van der Waals surface area (Å²) in [6.45, 7) is 4.51. The SMILES string of the molecule is CC(C)Cc1ccc(C(CCCO)N=[N+]=[N-])cc1. The molecule has 18 heavy (non-hydrogen) atoms. The lowest BCUT2D eigenvalue weighted by Crippen LogP contribution is -1.98. The van der Waals surface area contributed by atoms with Gasteiger partial charge in [0.2, 0.25) is 0 Å². The molecule has 0 spiro atoms. The molecule has 98 valence electrons. The van der Waals surface area contributed by atoms with E-state index < -0.39 is 0 Å². The first-order valence-corrected chi connectivity index (χ1v) is 6.41. The topological polar surface area (TPSA) is 69.0 Å². The smallest absolute Gasteiger partial charge is 0.0626 e. The fourth-order valence-corrected chi connectivity index (χ4v) is 1.99. The summed E-state index contributed by atoms with van der Waals surface area (Å²) in [5, 5.41) is 12.6. The van der Waals surface area contributed by atoms with Crippen molar-refractivity contribution in [3.05, 3.63) is 45.8 Å². The zero-order chi connectivity index (χ0) is 13.4. The molecule has 0 saturated carbocycles. The number of aliphatic hydroxyl groups excluding tert-OH is 1. The van der Waals surface area contributed by atoms with Gasteiger partial charge in [0.25, 0.3) is 0 Å². The first-order valence-electron chi connectivity index (χ1n) is 6.41. The van der Waals surface area contributed by atoms with Crippen molar-refractivity contribution in [2.24, 2.45) is 11.0 Å². The molecule has 0 aromatic heterocycles. The number of azide groups is 1. The average molecular weight is 247 g/mol. The highest BCUT2D eigenvalue weighted by Gasteiger charge is 2.09. The summed E-state index contributed by atoms with van der Waals surface area (Å²) in [6, 6.07) is 8.06. The van der Waals surface area contributed by atoms with Crippen LogP contribution in [0.25, 0.3) is 10.4 Å². The Bertz CT molecular complexity index is 394. The molecule has 0 radical (unpaired) electrons. The molecule has 1 aromatic rings. The molecule has 0 fully saturated rings. The molecule has 0 aliphatic carbocycles. The average Bonchev–Trinajstić information content (AvgIpc) is 2.35. The van der Waals surface area contributed by atoms with E-state index in [0.29, 0.717) is 18.8 Å². The molecule has 0 heterocycles. The van der Waals surface area contributed by atoms with E-state index in [1.54, 1.807) is 0 Å². The minimum Gasteiger partial charge on any atom is -0.396 e. The van der Waals surface area contributed by atoms with Crippen LogP contribution in [0, 0.1) is 5.92 Å². The second kappa shape index (κ2) is 7.75. The standard InChI is InChI=1S/C14H21N3O/c1-11(2)10-12-5-7-13(8-6-12)14(16-17-15)4-3-9-18/h5-8,11,14,18H,3-4,9-10H2,1-2H3. The summed E-state index contributed by atoms with van der Waals surface area (Å²) in [7, 11) is 0. The van der Waals surface area contributed by atoms with Gasteiger partial charge in [0.05, 0.1) is 6.04 Å². The van der Waals surface area contributed by atoms with Crippen molar-refractivity contribution in [3.63, 3.8) is 0 Å². The van der Waals surface area contributed by atoms with Crippen LogP contribution in [-0.4, -0.2) is 11.7 Å². The monoisotopic (exact) mass is 247 g/mol. The summed E-state index contributed by atoms with van der Waals surface area (Å²) in [5.41, 5.74) is 10.9. The third kappa shape index (κ3) is 4.78. The van der Waals surface area contributed by atoms with Gasteiger partial charge >= 0.3 is 0 Å². The number of nitrogens with zero attached hydrogens (tertiary/aromatic N) is 3. The lowest BCUT2D eigenvalue weighted by Gasteiger charge is -2.12. The van der Waals surface area contributed by atoms with Crippen LogP contribution in [0.5, 0.6) is 0 Å². The van der Waals surface area contributed by atoms with Gasteiger partial charge in [-0.2, -0.15) is 0 Å². The van der Waals surface area contributed by atoms with E-state index in [-0.39, 0.29) is 12.6 Å². The van der Waals surface area contributed by atoms with Gasteiger partial charge in [-0.05, 0) is 41.8 Å². The molecule has 1 unspecified atom stereocenters. The van der Waals surface area contributed by atoms with Gasteiger partial charge in [0.15, 0.2) is 0 Å². The third-order valence-corrected chi connectivity index (χ3v) is 2.84. The Balaban J connectivity index is 2.76. The predicted octanol–water partition coefficient (Wildman–Crippen LogP) is 4.01. The van der Waals surface area contributed by atoms with Gasteiger partial charge < -0.3 is 5.11 Å². The molecule has 0 aliphatic heterocycles. The number of aliphatic hydroxyl groups is 1. The third-order valence-electron chi connectivity index (χ3n) is 2.84. The summed E-state index contributed by atoms with van der Waals surface area (Å²) >= 11 is 0. The highest BCUT2D eigenvalue weighted by Crippen LogP contribution is 2.23. The Morgan fingerprint density at radius 3 is 2.44 bits per heavy atom. The van der Waals surface area contributed by atoms with Crippen LogP contribution < -0.4 is 0 Å². The lowest BCUT2D eigenvalue weighted by molar-refractivity contribution is 0.280. The van der Waals surface area contributed by atoms with Crippen LogP contribution in [0.2, 0.25) is 0 Å². The highest BCUT2D eigenvalue weighted by molar-refractivity contribution is 5.25. The van der Waals surface area contributed by atoms with E-state index in [1.165, 1.54) is 5.56 Å². The zero-order valence-corrected chi connectivity index (χ0v) is 11.1. The van der Waals surface area contributed by atoms with Crippen molar-refractivity contribution in [1.82, 2.24) is 0 Å². The van der Waals surface area contributed by atoms with E-state index in [2.05, 4.69) is 36.0 Å². The van der Waals surface area contributed by atoms with Gasteiger partial charge in [0, 0.05) is 11.5 Å². The van der Waals surface area contributed by atoms with Crippen molar-refractivity contribution in [3.8, 4) is 0 Å². The minimum absolute atomic E-state index is 0.128. The van der Waals surface area contributed by atoms with Crippen molar-refractivity contribution < 1.29 is 5.11 Å². The Hall–Kier alpha value is -1.51. The van der Waals surface area contributed by atoms with Crippen molar-refractivity contribution in [1.29, 1.82) is 0 Å². The predicted molar refractivity (Wildman–Crippen MR) is 73.2 cm³/mol. The number of hydrogen-bond donors (Lipinski definition) is 1. The van der Waals surface area contributed by atoms with E-state index in [9.17, 15) is 0 Å². The van der Waals surface area contributed by atoms with Crippen LogP contribution in [0.1, 0.15) is 43.9 Å². The van der Waals surface area contributed by atoms with Crippen LogP contribution in [0.3, 0.4) is 0 Å². The Labute approximate surface area is 108 Å². The van der Waals surface area contributed by atoms with Gasteiger partial charge in [-0.15, -0.1) is 0 Å². The second-order valence-electron chi connectivity index (χ2n) is 4.93. The summed E-state index contributed by atoms with van der Waals surface area (Å²) in [5.74, 6) is 0.637. The molecule has 1 N–H and O–H groups in total. The molecule has 4 nitrogen and oxygen atoms in total. The lowest BCUT2D eigenvalue weighted by atomic mass is 9.98. The van der Waals surface area contributed by atoms with E-state index in [1.807, 2.05) is 12.1 Å². The molecular formula is C14H21N3O. The van der Waals surface area contributed by atoms with Crippen LogP contribution >= 0.6 is 0 Å². The summed E-state index contributed by atoms with van der Waals surface area (Å²) in [4.78, 5) is 2.88. The first kappa shape index (κ1) is 14.6. The van der Waals surface area contributed by atoms with Crippen molar-refractivity contribution in [2.75, 3.05) is 6.61 Å². The van der Waals surface area contributed by atoms with Crippen LogP contribution in [-0.2, 0) is 6.42 Å². The molecule has 1 aromatic carbocycles. The van der Waals surface area contributed by atoms with Crippen LogP contribution in [0.15, 0.2) is 29.4 Å². The molecule has 0 bridgehead atoms. The summed E-state index contributed by atoms with van der Waals surface area (Å²) < 4.78 is 0. The summed E-state index contributed by atoms with van der Waals surface area (Å²) in [6.07, 6.45) is 2.39. The maximum Gasteiger partial charge on any atom is 0.0626 e. The van der Waals surface area contributed by atoms with Crippen LogP contribution in [0.4, 0.5) is 0 Å². The minimum atomic E-state index is -0.171. The Morgan fingerprint density at radius 2 is 1.94 bits per heavy atom. The molecular weight excluding hydrogens is 226 g/mol. The quantitative estimate of drug-likeness (QED) is 0.441. The Morgan fingerprint density at radius 1 is 1.28 bits per heavy atom. The van der Waals surface area contributed by atoms with E-state index in [0.717, 1.165) is 12.0 Å². The van der Waals surface area contributed by atoms with Gasteiger partial charge in [0.1, 0.15) is 0 Å². The first-order chi connectivity index (χ1) is 8.67. The maximum absolute atomic E-state index is 8.84. The van der Waals surface area contributed by atoms with E-state index >= 15 is 0 Å². The van der Waals surface area contributed by atoms with Gasteiger partial charge in [-0.1, -0.05) is 43.2 Å². The van der Waals surface area contributed by atoms with E-state index in [4.69, 9.17) is 10.6 Å². The number of benzene rings is 1. The second-order valence-corrected chi connectivity index (χ2v) is 4.93. The fourth-order valence-electron chi connectivity index (χ4n) is 1.99. The Kier molecular flexibility index (Phi) is 6.26. The largest absolute Gasteiger partial charge is 0.396 e. The molecule has 0 aliphatic rings. The number of hydrogen-bond acceptors (Lipinski definition) is 2. The fraction of sp³-hybridized carbons (Fsp3) is 0.571. The van der Waals surface area contributed by atoms with Gasteiger partial charge in [-0.25, -0.2) is 0 Å². The molecule has 1 rings (SSSR count). The molecule has 0 saturated heterocycles. The molecule has 0 amide bonds. The van der Waals surface area contributed by atoms with Crippen molar-refractivity contribution >= 4 is 0 Å².